The Morgan fingerprint density at radius 1 is 1.00 bits per heavy atom. The van der Waals surface area contributed by atoms with Crippen LogP contribution >= 0.6 is 0 Å². The number of alkyl halides is 3. The summed E-state index contributed by atoms with van der Waals surface area (Å²) in [4.78, 5) is 21.5. The van der Waals surface area contributed by atoms with Gasteiger partial charge in [0.25, 0.3) is 5.91 Å². The number of pyridine rings is 1. The summed E-state index contributed by atoms with van der Waals surface area (Å²) in [5.41, 5.74) is 0.177. The van der Waals surface area contributed by atoms with Gasteiger partial charge in [0.2, 0.25) is 0 Å². The third-order valence-electron chi connectivity index (χ3n) is 5.96. The van der Waals surface area contributed by atoms with Crippen LogP contribution in [0.4, 0.5) is 24.7 Å². The number of benzene rings is 2. The van der Waals surface area contributed by atoms with E-state index >= 15 is 0 Å². The Bertz CT molecular complexity index is 1130. The second-order valence-corrected chi connectivity index (χ2v) is 8.37. The Morgan fingerprint density at radius 3 is 2.46 bits per heavy atom. The van der Waals surface area contributed by atoms with Crippen molar-refractivity contribution in [1.29, 1.82) is 0 Å². The van der Waals surface area contributed by atoms with Crippen molar-refractivity contribution in [2.24, 2.45) is 0 Å². The summed E-state index contributed by atoms with van der Waals surface area (Å²) >= 11 is 0. The second-order valence-electron chi connectivity index (χ2n) is 8.37. The zero-order valence-electron chi connectivity index (χ0n) is 19.4. The van der Waals surface area contributed by atoms with E-state index in [4.69, 9.17) is 4.74 Å². The van der Waals surface area contributed by atoms with E-state index < -0.39 is 23.2 Å². The summed E-state index contributed by atoms with van der Waals surface area (Å²) in [7, 11) is 1.65. The first-order chi connectivity index (χ1) is 16.8. The van der Waals surface area contributed by atoms with E-state index in [9.17, 15) is 18.0 Å². The molecule has 4 rings (SSSR count). The molecule has 0 radical (unpaired) electrons. The third kappa shape index (κ3) is 6.30. The fourth-order valence-electron chi connectivity index (χ4n) is 4.12. The highest BCUT2D eigenvalue weighted by Gasteiger charge is 2.34. The summed E-state index contributed by atoms with van der Waals surface area (Å²) in [5.74, 6) is 0.785. The molecule has 2 heterocycles. The molecule has 1 saturated heterocycles. The summed E-state index contributed by atoms with van der Waals surface area (Å²) < 4.78 is 44.9. The molecule has 1 N–H and O–H groups in total. The van der Waals surface area contributed by atoms with Gasteiger partial charge in [0.1, 0.15) is 11.6 Å². The normalized spacial score (nSPS) is 14.9. The minimum Gasteiger partial charge on any atom is -0.497 e. The van der Waals surface area contributed by atoms with Gasteiger partial charge in [0.15, 0.2) is 0 Å². The summed E-state index contributed by atoms with van der Waals surface area (Å²) in [6, 6.07) is 16.2. The second kappa shape index (κ2) is 10.8. The molecule has 2 aromatic carbocycles. The maximum atomic E-state index is 13.2. The smallest absolute Gasteiger partial charge is 0.417 e. The van der Waals surface area contributed by atoms with Crippen LogP contribution in [0.15, 0.2) is 66.9 Å². The average Bonchev–Trinajstić information content (AvgIpc) is 3.10. The van der Waals surface area contributed by atoms with E-state index in [1.54, 1.807) is 19.2 Å². The molecule has 1 aliphatic heterocycles. The number of ether oxygens (including phenoxy) is 1. The SMILES string of the molecule is COc1ccc(CN2CCCN(c3ccc(NC(=O)c4ccccc4C(F)(F)F)cn3)CC2)cc1. The van der Waals surface area contributed by atoms with Gasteiger partial charge in [0, 0.05) is 32.7 Å². The first-order valence-corrected chi connectivity index (χ1v) is 11.4. The van der Waals surface area contributed by atoms with Crippen molar-refractivity contribution in [3.8, 4) is 5.75 Å². The summed E-state index contributed by atoms with van der Waals surface area (Å²) in [6.07, 6.45) is -2.15. The van der Waals surface area contributed by atoms with E-state index in [1.165, 1.54) is 23.9 Å². The third-order valence-corrected chi connectivity index (χ3v) is 5.96. The van der Waals surface area contributed by atoms with Gasteiger partial charge in [-0.1, -0.05) is 24.3 Å². The fraction of sp³-hybridized carbons (Fsp3) is 0.308. The standard InChI is InChI=1S/C26H27F3N4O2/c1-35-21-10-7-19(8-11-21)18-32-13-4-14-33(16-15-32)24-12-9-20(17-30-24)31-25(34)22-5-2-3-6-23(22)26(27,28)29/h2-3,5-12,17H,4,13-16,18H2,1H3,(H,31,34). The van der Waals surface area contributed by atoms with Crippen LogP contribution in [0.5, 0.6) is 5.75 Å². The van der Waals surface area contributed by atoms with E-state index in [2.05, 4.69) is 32.2 Å². The molecule has 0 unspecified atom stereocenters. The van der Waals surface area contributed by atoms with Gasteiger partial charge in [-0.3, -0.25) is 9.69 Å². The zero-order chi connectivity index (χ0) is 24.8. The molecule has 35 heavy (non-hydrogen) atoms. The Morgan fingerprint density at radius 2 is 1.77 bits per heavy atom. The average molecular weight is 485 g/mol. The number of carbonyl (C=O) groups is 1. The molecule has 1 aromatic heterocycles. The lowest BCUT2D eigenvalue weighted by Crippen LogP contribution is -2.31. The Balaban J connectivity index is 1.35. The molecular weight excluding hydrogens is 457 g/mol. The van der Waals surface area contributed by atoms with Gasteiger partial charge >= 0.3 is 6.18 Å². The fourth-order valence-corrected chi connectivity index (χ4v) is 4.12. The van der Waals surface area contributed by atoms with Gasteiger partial charge in [-0.25, -0.2) is 4.98 Å². The number of anilines is 2. The highest BCUT2D eigenvalue weighted by molar-refractivity contribution is 6.05. The quantitative estimate of drug-likeness (QED) is 0.529. The summed E-state index contributed by atoms with van der Waals surface area (Å²) in [5, 5.41) is 2.52. The number of hydrogen-bond acceptors (Lipinski definition) is 5. The van der Waals surface area contributed by atoms with Crippen LogP contribution in [0.25, 0.3) is 0 Å². The van der Waals surface area contributed by atoms with Gasteiger partial charge in [-0.15, -0.1) is 0 Å². The molecule has 0 bridgehead atoms. The summed E-state index contributed by atoms with van der Waals surface area (Å²) in [6.45, 7) is 4.34. The number of nitrogens with one attached hydrogen (secondary N) is 1. The van der Waals surface area contributed by atoms with Gasteiger partial charge < -0.3 is 15.0 Å². The van der Waals surface area contributed by atoms with Gasteiger partial charge in [-0.2, -0.15) is 13.2 Å². The highest BCUT2D eigenvalue weighted by atomic mass is 19.4. The van der Waals surface area contributed by atoms with Crippen LogP contribution in [-0.2, 0) is 12.7 Å². The molecule has 6 nitrogen and oxygen atoms in total. The number of aromatic nitrogens is 1. The monoisotopic (exact) mass is 484 g/mol. The molecule has 0 aliphatic carbocycles. The number of halogens is 3. The Labute approximate surface area is 202 Å². The van der Waals surface area contributed by atoms with Crippen LogP contribution in [0.1, 0.15) is 27.9 Å². The molecule has 0 spiro atoms. The Hall–Kier alpha value is -3.59. The number of carbonyl (C=O) groups excluding carboxylic acids is 1. The zero-order valence-corrected chi connectivity index (χ0v) is 19.4. The lowest BCUT2D eigenvalue weighted by molar-refractivity contribution is -0.137. The van der Waals surface area contributed by atoms with E-state index in [0.29, 0.717) is 5.69 Å². The highest BCUT2D eigenvalue weighted by Crippen LogP contribution is 2.32. The van der Waals surface area contributed by atoms with Crippen LogP contribution in [0.2, 0.25) is 0 Å². The molecule has 3 aromatic rings. The maximum Gasteiger partial charge on any atom is 0.417 e. The lowest BCUT2D eigenvalue weighted by atomic mass is 10.1. The minimum atomic E-state index is -4.61. The first kappa shape index (κ1) is 24.5. The van der Waals surface area contributed by atoms with Crippen molar-refractivity contribution in [3.63, 3.8) is 0 Å². The van der Waals surface area contributed by atoms with Crippen molar-refractivity contribution in [3.05, 3.63) is 83.6 Å². The van der Waals surface area contributed by atoms with Crippen LogP contribution in [-0.4, -0.2) is 49.1 Å². The molecule has 1 aliphatic rings. The molecule has 1 amide bonds. The minimum absolute atomic E-state index is 0.340. The molecule has 0 atom stereocenters. The van der Waals surface area contributed by atoms with Crippen molar-refractivity contribution in [2.45, 2.75) is 19.1 Å². The topological polar surface area (TPSA) is 57.7 Å². The first-order valence-electron chi connectivity index (χ1n) is 11.4. The largest absolute Gasteiger partial charge is 0.497 e. The van der Waals surface area contributed by atoms with E-state index in [-0.39, 0.29) is 0 Å². The van der Waals surface area contributed by atoms with Gasteiger partial charge in [0.05, 0.1) is 30.1 Å². The molecule has 184 valence electrons. The van der Waals surface area contributed by atoms with Crippen LogP contribution < -0.4 is 15.0 Å². The van der Waals surface area contributed by atoms with Crippen LogP contribution in [0.3, 0.4) is 0 Å². The van der Waals surface area contributed by atoms with E-state index in [0.717, 1.165) is 62.8 Å². The number of rotatable bonds is 6. The van der Waals surface area contributed by atoms with E-state index in [1.807, 2.05) is 12.1 Å². The van der Waals surface area contributed by atoms with Gasteiger partial charge in [-0.05, 0) is 48.4 Å². The van der Waals surface area contributed by atoms with Crippen LogP contribution in [0, 0.1) is 0 Å². The van der Waals surface area contributed by atoms with Crippen molar-refractivity contribution < 1.29 is 22.7 Å². The van der Waals surface area contributed by atoms with Crippen molar-refractivity contribution in [2.75, 3.05) is 43.5 Å². The Kier molecular flexibility index (Phi) is 7.55. The number of hydrogen-bond donors (Lipinski definition) is 1. The van der Waals surface area contributed by atoms with Crippen molar-refractivity contribution in [1.82, 2.24) is 9.88 Å². The maximum absolute atomic E-state index is 13.2. The van der Waals surface area contributed by atoms with Crippen molar-refractivity contribution >= 4 is 17.4 Å². The molecule has 1 fully saturated rings. The number of nitrogens with zero attached hydrogens (tertiary/aromatic N) is 3. The number of methoxy groups -OCH3 is 1. The molecular formula is C26H27F3N4O2. The molecule has 9 heteroatoms. The number of amides is 1. The predicted octanol–water partition coefficient (Wildman–Crippen LogP) is 5.07. The predicted molar refractivity (Wildman–Crippen MR) is 129 cm³/mol. The lowest BCUT2D eigenvalue weighted by Gasteiger charge is -2.23. The molecule has 0 saturated carbocycles.